The fraction of sp³-hybridized carbons (Fsp3) is 0.286. The smallest absolute Gasteiger partial charge is 0.323 e. The van der Waals surface area contributed by atoms with Gasteiger partial charge in [0, 0.05) is 19.7 Å². The van der Waals surface area contributed by atoms with Gasteiger partial charge in [-0.05, 0) is 23.8 Å². The molecule has 1 aromatic carbocycles. The van der Waals surface area contributed by atoms with Gasteiger partial charge in [-0.25, -0.2) is 0 Å². The lowest BCUT2D eigenvalue weighted by Gasteiger charge is -2.18. The minimum absolute atomic E-state index is 0.140. The predicted octanol–water partition coefficient (Wildman–Crippen LogP) is 0.965. The highest BCUT2D eigenvalue weighted by atomic mass is 16.5. The van der Waals surface area contributed by atoms with Gasteiger partial charge in [0.15, 0.2) is 0 Å². The summed E-state index contributed by atoms with van der Waals surface area (Å²) >= 11 is 0. The molecule has 108 valence electrons. The number of carboxylic acid groups (broad SMARTS) is 1. The molecule has 0 radical (unpaired) electrons. The number of carbonyl (C=O) groups excluding carboxylic acids is 1. The van der Waals surface area contributed by atoms with Gasteiger partial charge in [0.1, 0.15) is 12.3 Å². The normalized spacial score (nSPS) is 10.7. The zero-order valence-electron chi connectivity index (χ0n) is 11.2. The Morgan fingerprint density at radius 1 is 1.30 bits per heavy atom. The van der Waals surface area contributed by atoms with Gasteiger partial charge < -0.3 is 19.8 Å². The predicted molar refractivity (Wildman–Crippen MR) is 73.2 cm³/mol. The summed E-state index contributed by atoms with van der Waals surface area (Å²) in [6.45, 7) is 0.107. The average molecular weight is 279 g/mol. The zero-order chi connectivity index (χ0) is 15.0. The number of carbonyl (C=O) groups is 2. The maximum atomic E-state index is 11.9. The van der Waals surface area contributed by atoms with E-state index in [1.54, 1.807) is 18.2 Å². The van der Waals surface area contributed by atoms with Crippen LogP contribution in [0.4, 0.5) is 0 Å². The Kier molecular flexibility index (Phi) is 6.25. The van der Waals surface area contributed by atoms with Gasteiger partial charge in [-0.1, -0.05) is 12.1 Å². The molecule has 0 saturated heterocycles. The highest BCUT2D eigenvalue weighted by Gasteiger charge is 2.13. The van der Waals surface area contributed by atoms with Gasteiger partial charge in [-0.15, -0.1) is 0 Å². The van der Waals surface area contributed by atoms with E-state index in [1.165, 1.54) is 30.2 Å². The number of benzene rings is 1. The number of phenols is 1. The average Bonchev–Trinajstić information content (AvgIpc) is 2.42. The Hall–Kier alpha value is -2.34. The molecule has 0 heterocycles. The van der Waals surface area contributed by atoms with E-state index in [0.717, 1.165) is 5.56 Å². The van der Waals surface area contributed by atoms with Crippen molar-refractivity contribution in [3.8, 4) is 5.75 Å². The molecule has 0 spiro atoms. The Morgan fingerprint density at radius 3 is 2.50 bits per heavy atom. The Morgan fingerprint density at radius 2 is 1.95 bits per heavy atom. The molecule has 6 heteroatoms. The summed E-state index contributed by atoms with van der Waals surface area (Å²) in [5.41, 5.74) is 0.734. The van der Waals surface area contributed by atoms with Crippen molar-refractivity contribution in [3.05, 3.63) is 35.9 Å². The number of hydrogen-bond donors (Lipinski definition) is 2. The maximum absolute atomic E-state index is 11.9. The number of phenolic OH excluding ortho intramolecular Hbond substituents is 1. The highest BCUT2D eigenvalue weighted by molar-refractivity contribution is 5.93. The van der Waals surface area contributed by atoms with Crippen LogP contribution in [-0.4, -0.2) is 53.8 Å². The second-order valence-corrected chi connectivity index (χ2v) is 4.07. The van der Waals surface area contributed by atoms with E-state index < -0.39 is 11.9 Å². The summed E-state index contributed by atoms with van der Waals surface area (Å²) in [5.74, 6) is -1.34. The van der Waals surface area contributed by atoms with E-state index in [9.17, 15) is 9.59 Å². The molecule has 0 fully saturated rings. The number of nitrogens with zero attached hydrogens (tertiary/aromatic N) is 1. The van der Waals surface area contributed by atoms with Crippen molar-refractivity contribution in [2.75, 3.05) is 26.8 Å². The Balaban J connectivity index is 2.68. The molecular weight excluding hydrogens is 262 g/mol. The van der Waals surface area contributed by atoms with Gasteiger partial charge in [0.25, 0.3) is 0 Å². The molecule has 1 amide bonds. The van der Waals surface area contributed by atoms with Crippen molar-refractivity contribution < 1.29 is 24.5 Å². The molecule has 20 heavy (non-hydrogen) atoms. The number of rotatable bonds is 7. The van der Waals surface area contributed by atoms with E-state index in [1.807, 2.05) is 0 Å². The van der Waals surface area contributed by atoms with Crippen LogP contribution in [0.15, 0.2) is 30.3 Å². The maximum Gasteiger partial charge on any atom is 0.323 e. The number of amides is 1. The molecule has 6 nitrogen and oxygen atoms in total. The minimum Gasteiger partial charge on any atom is -0.508 e. The lowest BCUT2D eigenvalue weighted by Crippen LogP contribution is -2.36. The summed E-state index contributed by atoms with van der Waals surface area (Å²) in [7, 11) is 1.48. The number of hydrogen-bond acceptors (Lipinski definition) is 4. The number of methoxy groups -OCH3 is 1. The van der Waals surface area contributed by atoms with Gasteiger partial charge in [-0.2, -0.15) is 0 Å². The quantitative estimate of drug-likeness (QED) is 0.726. The first kappa shape index (κ1) is 15.7. The van der Waals surface area contributed by atoms with Gasteiger partial charge in [0.05, 0.1) is 6.61 Å². The molecule has 2 N–H and O–H groups in total. The van der Waals surface area contributed by atoms with Crippen LogP contribution in [0.3, 0.4) is 0 Å². The van der Waals surface area contributed by atoms with Crippen molar-refractivity contribution in [2.24, 2.45) is 0 Å². The van der Waals surface area contributed by atoms with Gasteiger partial charge in [0.2, 0.25) is 5.91 Å². The molecule has 0 bridgehead atoms. The molecule has 0 unspecified atom stereocenters. The third kappa shape index (κ3) is 5.53. The number of ether oxygens (including phenoxy) is 1. The van der Waals surface area contributed by atoms with Crippen LogP contribution < -0.4 is 0 Å². The molecule has 0 aliphatic rings. The Bertz CT molecular complexity index is 481. The molecule has 0 aromatic heterocycles. The van der Waals surface area contributed by atoms with Crippen LogP contribution in [-0.2, 0) is 14.3 Å². The summed E-state index contributed by atoms with van der Waals surface area (Å²) in [6.07, 6.45) is 2.86. The molecule has 1 rings (SSSR count). The molecule has 0 saturated carbocycles. The van der Waals surface area contributed by atoms with Crippen molar-refractivity contribution in [1.82, 2.24) is 4.90 Å². The van der Waals surface area contributed by atoms with E-state index in [-0.39, 0.29) is 25.4 Å². The van der Waals surface area contributed by atoms with Crippen molar-refractivity contribution in [2.45, 2.75) is 0 Å². The summed E-state index contributed by atoms with van der Waals surface area (Å²) in [5, 5.41) is 17.9. The summed E-state index contributed by atoms with van der Waals surface area (Å²) < 4.78 is 4.84. The van der Waals surface area contributed by atoms with E-state index in [4.69, 9.17) is 14.9 Å². The van der Waals surface area contributed by atoms with Gasteiger partial charge >= 0.3 is 5.97 Å². The summed E-state index contributed by atoms with van der Waals surface area (Å²) in [6, 6.07) is 6.31. The van der Waals surface area contributed by atoms with Crippen molar-refractivity contribution >= 4 is 18.0 Å². The van der Waals surface area contributed by atoms with Crippen LogP contribution in [0.5, 0.6) is 5.75 Å². The first-order chi connectivity index (χ1) is 9.52. The highest BCUT2D eigenvalue weighted by Crippen LogP contribution is 2.10. The number of aromatic hydroxyl groups is 1. The lowest BCUT2D eigenvalue weighted by molar-refractivity contribution is -0.143. The zero-order valence-corrected chi connectivity index (χ0v) is 11.2. The fourth-order valence-corrected chi connectivity index (χ4v) is 1.49. The first-order valence-corrected chi connectivity index (χ1v) is 5.99. The van der Waals surface area contributed by atoms with E-state index in [2.05, 4.69) is 0 Å². The SMILES string of the molecule is COCCN(CC(=O)O)C(=O)C=Cc1ccc(O)cc1. The fourth-order valence-electron chi connectivity index (χ4n) is 1.49. The largest absolute Gasteiger partial charge is 0.508 e. The molecule has 0 aliphatic carbocycles. The topological polar surface area (TPSA) is 87.1 Å². The van der Waals surface area contributed by atoms with Crippen LogP contribution in [0.1, 0.15) is 5.56 Å². The van der Waals surface area contributed by atoms with Crippen LogP contribution >= 0.6 is 0 Å². The third-order valence-electron chi connectivity index (χ3n) is 2.51. The second kappa shape index (κ2) is 7.96. The van der Waals surface area contributed by atoms with Crippen LogP contribution in [0.25, 0.3) is 6.08 Å². The molecule has 1 aromatic rings. The van der Waals surface area contributed by atoms with Gasteiger partial charge in [-0.3, -0.25) is 9.59 Å². The third-order valence-corrected chi connectivity index (χ3v) is 2.51. The number of aliphatic carboxylic acids is 1. The monoisotopic (exact) mass is 279 g/mol. The minimum atomic E-state index is -1.08. The standard InChI is InChI=1S/C14H17NO5/c1-20-9-8-15(10-14(18)19)13(17)7-4-11-2-5-12(16)6-3-11/h2-7,16H,8-10H2,1H3,(H,18,19). The van der Waals surface area contributed by atoms with Crippen molar-refractivity contribution in [1.29, 1.82) is 0 Å². The van der Waals surface area contributed by atoms with E-state index >= 15 is 0 Å². The summed E-state index contributed by atoms with van der Waals surface area (Å²) in [4.78, 5) is 23.8. The van der Waals surface area contributed by atoms with E-state index in [0.29, 0.717) is 0 Å². The first-order valence-electron chi connectivity index (χ1n) is 5.99. The Labute approximate surface area is 116 Å². The molecular formula is C14H17NO5. The van der Waals surface area contributed by atoms with Crippen LogP contribution in [0, 0.1) is 0 Å². The van der Waals surface area contributed by atoms with Crippen molar-refractivity contribution in [3.63, 3.8) is 0 Å². The molecule has 0 atom stereocenters. The second-order valence-electron chi connectivity index (χ2n) is 4.07. The molecule has 0 aliphatic heterocycles. The number of carboxylic acids is 1. The van der Waals surface area contributed by atoms with Crippen LogP contribution in [0.2, 0.25) is 0 Å². The lowest BCUT2D eigenvalue weighted by atomic mass is 10.2.